The highest BCUT2D eigenvalue weighted by Gasteiger charge is 2.34. The van der Waals surface area contributed by atoms with E-state index in [4.69, 9.17) is 1.41 Å². The second-order valence-corrected chi connectivity index (χ2v) is 3.36. The molecule has 1 heteroatoms. The van der Waals surface area contributed by atoms with Crippen molar-refractivity contribution in [1.82, 2.24) is 0 Å². The molecule has 2 unspecified atom stereocenters. The third kappa shape index (κ3) is 1.29. The van der Waals surface area contributed by atoms with Crippen LogP contribution in [0, 0.1) is 6.92 Å². The molecule has 2 N–H and O–H groups in total. The van der Waals surface area contributed by atoms with Crippen LogP contribution < -0.4 is 5.73 Å². The molecule has 58 valence electrons. The molecular weight excluding hydrogens is 134 g/mol. The highest BCUT2D eigenvalue weighted by Crippen LogP contribution is 2.38. The average Bonchev–Trinajstić information content (AvgIpc) is 2.85. The molecule has 1 aliphatic carbocycles. The van der Waals surface area contributed by atoms with Gasteiger partial charge in [-0.1, -0.05) is 29.8 Å². The minimum atomic E-state index is 0.396. The molecule has 0 heterocycles. The summed E-state index contributed by atoms with van der Waals surface area (Å²) in [5.74, 6) is 0.586. The predicted octanol–water partition coefficient (Wildman–Crippen LogP) is 1.81. The molecule has 0 spiro atoms. The van der Waals surface area contributed by atoms with Gasteiger partial charge in [0.2, 0.25) is 0 Å². The van der Waals surface area contributed by atoms with Crippen molar-refractivity contribution in [1.29, 1.82) is 0 Å². The van der Waals surface area contributed by atoms with Crippen LogP contribution in [0.3, 0.4) is 0 Å². The molecule has 0 radical (unpaired) electrons. The first-order valence-corrected chi connectivity index (χ1v) is 4.05. The Hall–Kier alpha value is -0.820. The van der Waals surface area contributed by atoms with Gasteiger partial charge in [0.25, 0.3) is 0 Å². The first-order valence-electron chi connectivity index (χ1n) is 4.55. The van der Waals surface area contributed by atoms with Crippen molar-refractivity contribution in [2.24, 2.45) is 5.73 Å². The van der Waals surface area contributed by atoms with E-state index in [1.165, 1.54) is 11.1 Å². The van der Waals surface area contributed by atoms with Crippen molar-refractivity contribution in [3.8, 4) is 0 Å². The van der Waals surface area contributed by atoms with Crippen LogP contribution in [0.4, 0.5) is 0 Å². The van der Waals surface area contributed by atoms with Crippen molar-refractivity contribution in [2.75, 3.05) is 0 Å². The van der Waals surface area contributed by atoms with E-state index in [1.807, 2.05) is 0 Å². The quantitative estimate of drug-likeness (QED) is 0.680. The van der Waals surface area contributed by atoms with Crippen molar-refractivity contribution in [2.45, 2.75) is 25.3 Å². The van der Waals surface area contributed by atoms with Crippen LogP contribution in [0.15, 0.2) is 24.3 Å². The van der Waals surface area contributed by atoms with Gasteiger partial charge in [0, 0.05) is 12.0 Å². The van der Waals surface area contributed by atoms with E-state index in [1.54, 1.807) is 0 Å². The summed E-state index contributed by atoms with van der Waals surface area (Å²) in [7, 11) is 0. The van der Waals surface area contributed by atoms with E-state index in [9.17, 15) is 0 Å². The van der Waals surface area contributed by atoms with Gasteiger partial charge in [-0.3, -0.25) is 0 Å². The maximum Gasteiger partial charge on any atom is 0.119 e. The van der Waals surface area contributed by atoms with Crippen LogP contribution in [0.1, 0.15) is 23.5 Å². The van der Waals surface area contributed by atoms with Crippen LogP contribution in [0.5, 0.6) is 0 Å². The molecule has 1 aliphatic rings. The molecule has 1 aromatic carbocycles. The topological polar surface area (TPSA) is 26.0 Å². The molecule has 1 fully saturated rings. The lowest BCUT2D eigenvalue weighted by Crippen LogP contribution is -2.00. The molecule has 2 atom stereocenters. The molecule has 0 saturated heterocycles. The number of rotatable bonds is 2. The maximum atomic E-state index is 6.99. The number of benzene rings is 1. The highest BCUT2D eigenvalue weighted by molar-refractivity contribution is 5.30. The average molecular weight is 148 g/mol. The minimum Gasteiger partial charge on any atom is -0.327 e. The fourth-order valence-electron chi connectivity index (χ4n) is 1.38. The Balaban J connectivity index is 2.10. The Morgan fingerprint density at radius 2 is 2.18 bits per heavy atom. The standard InChI is InChI=1S/C10H13N/c1-7-2-4-8(5-3-7)9-6-10(9)11/h2-5,9-10H,6,11H2,1H3/i/hD. The first kappa shape index (κ1) is 5.78. The second-order valence-electron chi connectivity index (χ2n) is 3.36. The molecule has 0 amide bonds. The fraction of sp³-hybridized carbons (Fsp3) is 0.400. The summed E-state index contributed by atoms with van der Waals surface area (Å²) >= 11 is 0. The fourth-order valence-corrected chi connectivity index (χ4v) is 1.38. The second kappa shape index (κ2) is 2.35. The zero-order chi connectivity index (χ0) is 8.55. The van der Waals surface area contributed by atoms with E-state index in [2.05, 4.69) is 36.9 Å². The number of hydrogen-bond acceptors (Lipinski definition) is 1. The molecule has 0 aromatic heterocycles. The van der Waals surface area contributed by atoms with Crippen LogP contribution in [-0.4, -0.2) is 6.04 Å². The van der Waals surface area contributed by atoms with E-state index in [0.717, 1.165) is 6.42 Å². The molecule has 1 aromatic rings. The van der Waals surface area contributed by atoms with Gasteiger partial charge in [-0.2, -0.15) is 0 Å². The van der Waals surface area contributed by atoms with Crippen LogP contribution in [0.2, 0.25) is 1.41 Å². The molecular formula is C10H13N. The molecule has 11 heavy (non-hydrogen) atoms. The smallest absolute Gasteiger partial charge is 0.119 e. The lowest BCUT2D eigenvalue weighted by molar-refractivity contribution is 0.989. The first-order chi connectivity index (χ1) is 5.81. The van der Waals surface area contributed by atoms with E-state index in [0.29, 0.717) is 12.0 Å². The predicted molar refractivity (Wildman–Crippen MR) is 46.5 cm³/mol. The lowest BCUT2D eigenvalue weighted by atomic mass is 10.1. The summed E-state index contributed by atoms with van der Waals surface area (Å²) in [6.07, 6.45) is 1.12. The largest absolute Gasteiger partial charge is 0.327 e. The van der Waals surface area contributed by atoms with Gasteiger partial charge in [0.15, 0.2) is 0 Å². The summed E-state index contributed by atoms with van der Waals surface area (Å²) in [5.41, 5.74) is 5.22. The van der Waals surface area contributed by atoms with Crippen LogP contribution in [0.25, 0.3) is 0 Å². The number of hydrogen-bond donors (Lipinski definition) is 1. The zero-order valence-corrected chi connectivity index (χ0v) is 6.67. The molecule has 0 aliphatic heterocycles. The van der Waals surface area contributed by atoms with Crippen LogP contribution in [-0.2, 0) is 0 Å². The Morgan fingerprint density at radius 1 is 1.45 bits per heavy atom. The summed E-state index contributed by atoms with van der Waals surface area (Å²) < 4.78 is 6.99. The van der Waals surface area contributed by atoms with Gasteiger partial charge in [-0.25, -0.2) is 0 Å². The van der Waals surface area contributed by atoms with Gasteiger partial charge < -0.3 is 5.73 Å². The summed E-state index contributed by atoms with van der Waals surface area (Å²) in [6.45, 7) is 2.09. The Bertz CT molecular complexity index is 268. The molecule has 2 rings (SSSR count). The Morgan fingerprint density at radius 3 is 2.73 bits per heavy atom. The van der Waals surface area contributed by atoms with E-state index < -0.39 is 0 Å². The SMILES string of the molecule is [2H]NC1CC1c1ccc(C)cc1. The minimum absolute atomic E-state index is 0.396. The van der Waals surface area contributed by atoms with Crippen molar-refractivity contribution in [3.63, 3.8) is 0 Å². The maximum absolute atomic E-state index is 6.99. The van der Waals surface area contributed by atoms with Gasteiger partial charge in [-0.05, 0) is 18.9 Å². The molecule has 0 bridgehead atoms. The lowest BCUT2D eigenvalue weighted by Gasteiger charge is -1.97. The van der Waals surface area contributed by atoms with Crippen LogP contribution >= 0.6 is 0 Å². The molecule has 1 nitrogen and oxygen atoms in total. The van der Waals surface area contributed by atoms with Gasteiger partial charge in [-0.15, -0.1) is 0 Å². The Labute approximate surface area is 68.7 Å². The van der Waals surface area contributed by atoms with E-state index >= 15 is 0 Å². The van der Waals surface area contributed by atoms with Gasteiger partial charge in [0.05, 0.1) is 0 Å². The van der Waals surface area contributed by atoms with Gasteiger partial charge >= 0.3 is 0 Å². The summed E-state index contributed by atoms with van der Waals surface area (Å²) in [6, 6.07) is 8.99. The number of aryl methyl sites for hydroxylation is 1. The molecule has 1 saturated carbocycles. The summed E-state index contributed by atoms with van der Waals surface area (Å²) in [5, 5.41) is 0. The Kier molecular flexibility index (Phi) is 1.23. The van der Waals surface area contributed by atoms with Crippen molar-refractivity contribution < 1.29 is 1.41 Å². The normalized spacial score (nSPS) is 29.7. The van der Waals surface area contributed by atoms with Crippen molar-refractivity contribution in [3.05, 3.63) is 35.4 Å². The monoisotopic (exact) mass is 148 g/mol. The third-order valence-corrected chi connectivity index (χ3v) is 2.30. The summed E-state index contributed by atoms with van der Waals surface area (Å²) in [4.78, 5) is 0. The van der Waals surface area contributed by atoms with Gasteiger partial charge in [0.1, 0.15) is 1.41 Å². The van der Waals surface area contributed by atoms with E-state index in [-0.39, 0.29) is 0 Å². The van der Waals surface area contributed by atoms with Crippen molar-refractivity contribution >= 4 is 0 Å². The zero-order valence-electron chi connectivity index (χ0n) is 7.67. The highest BCUT2D eigenvalue weighted by atomic mass is 14.7. The third-order valence-electron chi connectivity index (χ3n) is 2.30. The number of nitrogens with two attached hydrogens (primary N) is 1.